The minimum atomic E-state index is -2.78. The van der Waals surface area contributed by atoms with Gasteiger partial charge in [-0.05, 0) is 24.6 Å². The lowest BCUT2D eigenvalue weighted by Crippen LogP contribution is -2.01. The molecule has 0 amide bonds. The minimum absolute atomic E-state index is 0.158. The number of ether oxygens (including phenoxy) is 1. The number of rotatable bonds is 4. The van der Waals surface area contributed by atoms with Gasteiger partial charge in [-0.25, -0.2) is 0 Å². The van der Waals surface area contributed by atoms with Gasteiger partial charge in [0.15, 0.2) is 0 Å². The summed E-state index contributed by atoms with van der Waals surface area (Å²) in [5.74, 6) is 0.612. The Bertz CT molecular complexity index is 333. The molecule has 0 unspecified atom stereocenters. The predicted molar refractivity (Wildman–Crippen MR) is 57.4 cm³/mol. The van der Waals surface area contributed by atoms with E-state index in [1.165, 1.54) is 12.1 Å². The van der Waals surface area contributed by atoms with Crippen molar-refractivity contribution in [1.82, 2.24) is 0 Å². The maximum absolute atomic E-state index is 11.8. The number of alkyl halides is 3. The van der Waals surface area contributed by atoms with Gasteiger partial charge in [0.2, 0.25) is 0 Å². The molecule has 0 aliphatic carbocycles. The van der Waals surface area contributed by atoms with Crippen LogP contribution in [0.1, 0.15) is 12.5 Å². The lowest BCUT2D eigenvalue weighted by molar-refractivity contribution is -0.0498. The van der Waals surface area contributed by atoms with Crippen molar-refractivity contribution in [3.8, 4) is 5.75 Å². The van der Waals surface area contributed by atoms with Crippen molar-refractivity contribution >= 4 is 17.7 Å². The molecule has 1 rings (SSSR count). The van der Waals surface area contributed by atoms with Crippen LogP contribution in [0.25, 0.3) is 6.08 Å². The van der Waals surface area contributed by atoms with Gasteiger partial charge in [0, 0.05) is 5.88 Å². The Hall–Kier alpha value is -1.09. The topological polar surface area (TPSA) is 9.23 Å². The summed E-state index contributed by atoms with van der Waals surface area (Å²) >= 11 is 5.61. The average Bonchev–Trinajstić information content (AvgIpc) is 2.20. The van der Waals surface area contributed by atoms with E-state index in [0.29, 0.717) is 5.88 Å². The molecule has 0 aliphatic heterocycles. The van der Waals surface area contributed by atoms with Crippen molar-refractivity contribution in [2.24, 2.45) is 0 Å². The van der Waals surface area contributed by atoms with E-state index in [9.17, 15) is 8.78 Å². The van der Waals surface area contributed by atoms with Crippen LogP contribution in [0.5, 0.6) is 5.75 Å². The molecule has 0 N–H and O–H groups in total. The van der Waals surface area contributed by atoms with Crippen LogP contribution in [-0.2, 0) is 0 Å². The molecule has 0 fully saturated rings. The van der Waals surface area contributed by atoms with Crippen molar-refractivity contribution in [3.05, 3.63) is 35.4 Å². The SMILES string of the molecule is CC(=Cc1ccc(OC(F)F)cc1)CCl. The van der Waals surface area contributed by atoms with Crippen LogP contribution < -0.4 is 4.74 Å². The van der Waals surface area contributed by atoms with Crippen LogP contribution >= 0.6 is 11.6 Å². The van der Waals surface area contributed by atoms with E-state index in [-0.39, 0.29) is 5.75 Å². The molecule has 0 aliphatic rings. The van der Waals surface area contributed by atoms with E-state index in [1.807, 2.05) is 13.0 Å². The zero-order valence-corrected chi connectivity index (χ0v) is 8.97. The summed E-state index contributed by atoms with van der Waals surface area (Å²) in [6, 6.07) is 6.40. The van der Waals surface area contributed by atoms with E-state index in [4.69, 9.17) is 11.6 Å². The molecule has 15 heavy (non-hydrogen) atoms. The number of halogens is 3. The molecule has 82 valence electrons. The van der Waals surface area contributed by atoms with E-state index in [1.54, 1.807) is 12.1 Å². The Morgan fingerprint density at radius 1 is 1.40 bits per heavy atom. The van der Waals surface area contributed by atoms with Crippen molar-refractivity contribution in [1.29, 1.82) is 0 Å². The van der Waals surface area contributed by atoms with Gasteiger partial charge in [-0.3, -0.25) is 0 Å². The Labute approximate surface area is 92.3 Å². The van der Waals surface area contributed by atoms with Gasteiger partial charge in [-0.15, -0.1) is 11.6 Å². The zero-order chi connectivity index (χ0) is 11.3. The summed E-state index contributed by atoms with van der Waals surface area (Å²) in [7, 11) is 0. The summed E-state index contributed by atoms with van der Waals surface area (Å²) in [6.45, 7) is -0.882. The molecule has 0 heterocycles. The van der Waals surface area contributed by atoms with Crippen LogP contribution in [0.2, 0.25) is 0 Å². The number of hydrogen-bond acceptors (Lipinski definition) is 1. The van der Waals surface area contributed by atoms with E-state index in [2.05, 4.69) is 4.74 Å². The van der Waals surface area contributed by atoms with Crippen LogP contribution in [0, 0.1) is 0 Å². The largest absolute Gasteiger partial charge is 0.435 e. The van der Waals surface area contributed by atoms with Crippen LogP contribution in [0.4, 0.5) is 8.78 Å². The highest BCUT2D eigenvalue weighted by Gasteiger charge is 2.02. The number of benzene rings is 1. The van der Waals surface area contributed by atoms with Crippen LogP contribution in [-0.4, -0.2) is 12.5 Å². The highest BCUT2D eigenvalue weighted by atomic mass is 35.5. The van der Waals surface area contributed by atoms with Crippen LogP contribution in [0.15, 0.2) is 29.8 Å². The highest BCUT2D eigenvalue weighted by Crippen LogP contribution is 2.16. The van der Waals surface area contributed by atoms with E-state index < -0.39 is 6.61 Å². The molecule has 0 saturated carbocycles. The summed E-state index contributed by atoms with van der Waals surface area (Å²) in [5.41, 5.74) is 1.92. The van der Waals surface area contributed by atoms with E-state index >= 15 is 0 Å². The van der Waals surface area contributed by atoms with Crippen LogP contribution in [0.3, 0.4) is 0 Å². The first-order valence-electron chi connectivity index (χ1n) is 4.40. The Morgan fingerprint density at radius 2 is 2.00 bits per heavy atom. The normalized spacial score (nSPS) is 11.9. The fourth-order valence-corrected chi connectivity index (χ4v) is 1.15. The van der Waals surface area contributed by atoms with Crippen molar-refractivity contribution < 1.29 is 13.5 Å². The quantitative estimate of drug-likeness (QED) is 0.715. The first kappa shape index (κ1) is 12.0. The standard InChI is InChI=1S/C11H11ClF2O/c1-8(7-12)6-9-2-4-10(5-3-9)15-11(13)14/h2-6,11H,7H2,1H3. The first-order chi connectivity index (χ1) is 7.11. The van der Waals surface area contributed by atoms with Crippen molar-refractivity contribution in [2.45, 2.75) is 13.5 Å². The Morgan fingerprint density at radius 3 is 2.47 bits per heavy atom. The predicted octanol–water partition coefficient (Wildman–Crippen LogP) is 3.93. The van der Waals surface area contributed by atoms with E-state index in [0.717, 1.165) is 11.1 Å². The first-order valence-corrected chi connectivity index (χ1v) is 4.93. The maximum Gasteiger partial charge on any atom is 0.387 e. The third-order valence-corrected chi connectivity index (χ3v) is 2.15. The number of allylic oxidation sites excluding steroid dienone is 1. The van der Waals surface area contributed by atoms with Gasteiger partial charge in [0.1, 0.15) is 5.75 Å². The monoisotopic (exact) mass is 232 g/mol. The lowest BCUT2D eigenvalue weighted by Gasteiger charge is -2.04. The second-order valence-corrected chi connectivity index (χ2v) is 3.34. The molecule has 0 radical (unpaired) electrons. The lowest BCUT2D eigenvalue weighted by atomic mass is 10.1. The maximum atomic E-state index is 11.8. The molecule has 0 atom stereocenters. The smallest absolute Gasteiger partial charge is 0.387 e. The third kappa shape index (κ3) is 4.30. The van der Waals surface area contributed by atoms with Gasteiger partial charge in [0.05, 0.1) is 0 Å². The minimum Gasteiger partial charge on any atom is -0.435 e. The Balaban J connectivity index is 2.72. The summed E-state index contributed by atoms with van der Waals surface area (Å²) in [5, 5.41) is 0. The molecule has 0 saturated heterocycles. The van der Waals surface area contributed by atoms with Gasteiger partial charge in [-0.2, -0.15) is 8.78 Å². The molecular weight excluding hydrogens is 222 g/mol. The second kappa shape index (κ2) is 5.71. The summed E-state index contributed by atoms with van der Waals surface area (Å²) in [6.07, 6.45) is 1.89. The van der Waals surface area contributed by atoms with Crippen molar-refractivity contribution in [2.75, 3.05) is 5.88 Å². The zero-order valence-electron chi connectivity index (χ0n) is 8.21. The van der Waals surface area contributed by atoms with Gasteiger partial charge in [0.25, 0.3) is 0 Å². The molecule has 1 nitrogen and oxygen atoms in total. The fourth-order valence-electron chi connectivity index (χ4n) is 1.07. The molecule has 0 bridgehead atoms. The summed E-state index contributed by atoms with van der Waals surface area (Å²) in [4.78, 5) is 0. The van der Waals surface area contributed by atoms with Gasteiger partial charge < -0.3 is 4.74 Å². The molecule has 4 heteroatoms. The highest BCUT2D eigenvalue weighted by molar-refractivity contribution is 6.19. The Kier molecular flexibility index (Phi) is 4.56. The molecule has 1 aromatic carbocycles. The molecule has 0 spiro atoms. The number of hydrogen-bond donors (Lipinski definition) is 0. The second-order valence-electron chi connectivity index (χ2n) is 3.07. The molecule has 1 aromatic rings. The fraction of sp³-hybridized carbons (Fsp3) is 0.273. The third-order valence-electron chi connectivity index (χ3n) is 1.73. The summed E-state index contributed by atoms with van der Waals surface area (Å²) < 4.78 is 27.9. The van der Waals surface area contributed by atoms with Gasteiger partial charge in [-0.1, -0.05) is 23.8 Å². The molecule has 0 aromatic heterocycles. The van der Waals surface area contributed by atoms with Gasteiger partial charge >= 0.3 is 6.61 Å². The average molecular weight is 233 g/mol. The van der Waals surface area contributed by atoms with Crippen molar-refractivity contribution in [3.63, 3.8) is 0 Å². The molecular formula is C11H11ClF2O.